The maximum absolute atomic E-state index is 6.49. The van der Waals surface area contributed by atoms with Crippen LogP contribution >= 0.6 is 58.0 Å². The minimum Gasteiger partial charge on any atom is -0.376 e. The topological polar surface area (TPSA) is 12.0 Å². The van der Waals surface area contributed by atoms with Gasteiger partial charge in [-0.1, -0.05) is 76.2 Å². The van der Waals surface area contributed by atoms with Crippen LogP contribution in [0.4, 0.5) is 5.69 Å². The molecule has 24 heavy (non-hydrogen) atoms. The molecule has 2 aliphatic rings. The summed E-state index contributed by atoms with van der Waals surface area (Å²) in [6.45, 7) is 0. The number of fused-ring (bicyclic) bond motifs is 3. The summed E-state index contributed by atoms with van der Waals surface area (Å²) < 4.78 is 0. The van der Waals surface area contributed by atoms with Crippen LogP contribution in [0.1, 0.15) is 29.5 Å². The Labute approximate surface area is 165 Å². The van der Waals surface area contributed by atoms with Crippen molar-refractivity contribution < 1.29 is 0 Å². The van der Waals surface area contributed by atoms with Gasteiger partial charge in [-0.2, -0.15) is 0 Å². The highest BCUT2D eigenvalue weighted by atomic mass is 35.5. The number of benzene rings is 2. The van der Waals surface area contributed by atoms with Crippen molar-refractivity contribution in [1.82, 2.24) is 0 Å². The molecule has 0 fully saturated rings. The first-order chi connectivity index (χ1) is 11.5. The summed E-state index contributed by atoms with van der Waals surface area (Å²) in [6, 6.07) is 7.29. The van der Waals surface area contributed by atoms with Gasteiger partial charge in [-0.15, -0.1) is 0 Å². The minimum atomic E-state index is 0.0250. The van der Waals surface area contributed by atoms with Crippen LogP contribution in [0.3, 0.4) is 0 Å². The second kappa shape index (κ2) is 6.30. The summed E-state index contributed by atoms with van der Waals surface area (Å²) in [5, 5.41) is 6.40. The largest absolute Gasteiger partial charge is 0.376 e. The predicted octanol–water partition coefficient (Wildman–Crippen LogP) is 7.78. The lowest BCUT2D eigenvalue weighted by molar-refractivity contribution is 0.426. The van der Waals surface area contributed by atoms with Crippen molar-refractivity contribution in [3.63, 3.8) is 0 Å². The summed E-state index contributed by atoms with van der Waals surface area (Å²) in [7, 11) is 0. The van der Waals surface area contributed by atoms with Crippen molar-refractivity contribution in [3.05, 3.63) is 72.7 Å². The molecule has 124 valence electrons. The molecule has 0 radical (unpaired) electrons. The van der Waals surface area contributed by atoms with E-state index < -0.39 is 0 Å². The molecule has 0 bridgehead atoms. The molecule has 0 saturated carbocycles. The third-order valence-corrected chi connectivity index (χ3v) is 6.44. The van der Waals surface area contributed by atoms with Gasteiger partial charge < -0.3 is 5.32 Å². The van der Waals surface area contributed by atoms with Crippen LogP contribution in [0, 0.1) is 5.92 Å². The first-order valence-electron chi connectivity index (χ1n) is 7.53. The van der Waals surface area contributed by atoms with Gasteiger partial charge in [-0.3, -0.25) is 0 Å². The lowest BCUT2D eigenvalue weighted by Gasteiger charge is -2.39. The molecule has 1 aliphatic carbocycles. The van der Waals surface area contributed by atoms with E-state index in [-0.39, 0.29) is 12.0 Å². The molecule has 3 atom stereocenters. The third kappa shape index (κ3) is 2.62. The Morgan fingerprint density at radius 3 is 2.46 bits per heavy atom. The zero-order valence-electron chi connectivity index (χ0n) is 12.3. The second-order valence-electron chi connectivity index (χ2n) is 6.08. The third-order valence-electron chi connectivity index (χ3n) is 4.78. The summed E-state index contributed by atoms with van der Waals surface area (Å²) in [5.41, 5.74) is 2.80. The Morgan fingerprint density at radius 2 is 1.71 bits per heavy atom. The Kier molecular flexibility index (Phi) is 4.43. The van der Waals surface area contributed by atoms with Gasteiger partial charge in [0.25, 0.3) is 0 Å². The number of anilines is 1. The number of nitrogens with one attached hydrogen (secondary N) is 1. The van der Waals surface area contributed by atoms with Crippen molar-refractivity contribution >= 4 is 63.7 Å². The van der Waals surface area contributed by atoms with Gasteiger partial charge in [0.05, 0.1) is 26.8 Å². The van der Waals surface area contributed by atoms with Crippen molar-refractivity contribution in [1.29, 1.82) is 0 Å². The average Bonchev–Trinajstić information content (AvgIpc) is 3.01. The van der Waals surface area contributed by atoms with E-state index in [1.165, 1.54) is 0 Å². The van der Waals surface area contributed by atoms with Crippen LogP contribution < -0.4 is 5.32 Å². The summed E-state index contributed by atoms with van der Waals surface area (Å²) in [6.07, 6.45) is 5.29. The van der Waals surface area contributed by atoms with Crippen LogP contribution in [0.15, 0.2) is 36.4 Å². The maximum Gasteiger partial charge on any atom is 0.0656 e. The summed E-state index contributed by atoms with van der Waals surface area (Å²) >= 11 is 31.7. The molecule has 2 aromatic carbocycles. The van der Waals surface area contributed by atoms with Crippen LogP contribution in [0.25, 0.3) is 0 Å². The van der Waals surface area contributed by atoms with Crippen molar-refractivity contribution in [2.45, 2.75) is 18.4 Å². The molecule has 0 spiro atoms. The van der Waals surface area contributed by atoms with Gasteiger partial charge >= 0.3 is 0 Å². The predicted molar refractivity (Wildman–Crippen MR) is 104 cm³/mol. The second-order valence-corrected chi connectivity index (χ2v) is 8.12. The number of hydrogen-bond donors (Lipinski definition) is 1. The maximum atomic E-state index is 6.49. The van der Waals surface area contributed by atoms with Crippen LogP contribution in [0.2, 0.25) is 25.1 Å². The smallest absolute Gasteiger partial charge is 0.0656 e. The highest BCUT2D eigenvalue weighted by Crippen LogP contribution is 2.55. The van der Waals surface area contributed by atoms with E-state index in [1.54, 1.807) is 12.1 Å². The molecule has 2 aromatic rings. The molecular weight excluding hydrogens is 407 g/mol. The zero-order valence-corrected chi connectivity index (χ0v) is 16.1. The minimum absolute atomic E-state index is 0.0250. The average molecular weight is 420 g/mol. The molecule has 0 unspecified atom stereocenters. The van der Waals surface area contributed by atoms with Crippen molar-refractivity contribution in [2.24, 2.45) is 5.92 Å². The van der Waals surface area contributed by atoms with Crippen LogP contribution in [0.5, 0.6) is 0 Å². The van der Waals surface area contributed by atoms with Gasteiger partial charge in [0.15, 0.2) is 0 Å². The lowest BCUT2D eigenvalue weighted by atomic mass is 9.77. The zero-order chi connectivity index (χ0) is 17.0. The molecule has 0 amide bonds. The van der Waals surface area contributed by atoms with Gasteiger partial charge in [-0.25, -0.2) is 0 Å². The highest BCUT2D eigenvalue weighted by molar-refractivity contribution is 6.44. The summed E-state index contributed by atoms with van der Waals surface area (Å²) in [5.74, 6) is 0.449. The molecule has 6 heteroatoms. The lowest BCUT2D eigenvalue weighted by Crippen LogP contribution is -2.29. The number of hydrogen-bond acceptors (Lipinski definition) is 1. The van der Waals surface area contributed by atoms with Gasteiger partial charge in [0, 0.05) is 21.5 Å². The van der Waals surface area contributed by atoms with E-state index in [1.807, 2.05) is 12.1 Å². The van der Waals surface area contributed by atoms with E-state index >= 15 is 0 Å². The molecule has 4 rings (SSSR count). The molecular formula is C18H12Cl5N. The Hall–Kier alpha value is -0.570. The van der Waals surface area contributed by atoms with E-state index in [9.17, 15) is 0 Å². The Bertz CT molecular complexity index is 861. The molecule has 1 aliphatic heterocycles. The normalized spacial score (nSPS) is 24.5. The van der Waals surface area contributed by atoms with Crippen molar-refractivity contribution in [2.75, 3.05) is 5.32 Å². The number of allylic oxidation sites excluding steroid dienone is 2. The van der Waals surface area contributed by atoms with Gasteiger partial charge in [0.1, 0.15) is 0 Å². The molecule has 1 N–H and O–H groups in total. The number of rotatable bonds is 1. The highest BCUT2D eigenvalue weighted by Gasteiger charge is 2.41. The molecule has 0 saturated heterocycles. The monoisotopic (exact) mass is 417 g/mol. The van der Waals surface area contributed by atoms with E-state index in [4.69, 9.17) is 58.0 Å². The fourth-order valence-corrected chi connectivity index (χ4v) is 5.06. The standard InChI is InChI=1S/C18H12Cl5N/c19-8-4-5-11(12(20)6-8)17-10-3-1-2-9(10)15-16(23)13(21)7-14(22)18(15)24-17/h1-2,4-7,9-10,17,24H,3H2/t9-,10+,17-/m1/s1. The first kappa shape index (κ1) is 16.9. The SMILES string of the molecule is Clc1ccc([C@@H]2Nc3c(Cl)cc(Cl)c(Cl)c3[C@@H]3C=CC[C@@H]32)c(Cl)c1. The van der Waals surface area contributed by atoms with Gasteiger partial charge in [0.2, 0.25) is 0 Å². The van der Waals surface area contributed by atoms with Gasteiger partial charge in [-0.05, 0) is 36.1 Å². The molecule has 0 aromatic heterocycles. The fraction of sp³-hybridized carbons (Fsp3) is 0.222. The van der Waals surface area contributed by atoms with Crippen LogP contribution in [-0.2, 0) is 0 Å². The van der Waals surface area contributed by atoms with Crippen LogP contribution in [-0.4, -0.2) is 0 Å². The molecule has 1 nitrogen and oxygen atoms in total. The van der Waals surface area contributed by atoms with E-state index in [2.05, 4.69) is 17.5 Å². The number of halogens is 5. The molecule has 1 heterocycles. The summed E-state index contributed by atoms with van der Waals surface area (Å²) in [4.78, 5) is 0. The quantitative estimate of drug-likeness (QED) is 0.367. The Morgan fingerprint density at radius 1 is 0.917 bits per heavy atom. The first-order valence-corrected chi connectivity index (χ1v) is 9.42. The van der Waals surface area contributed by atoms with Crippen molar-refractivity contribution in [3.8, 4) is 0 Å². The van der Waals surface area contributed by atoms with E-state index in [0.717, 1.165) is 23.2 Å². The Balaban J connectivity index is 1.88. The fourth-order valence-electron chi connectivity index (χ4n) is 3.72. The van der Waals surface area contributed by atoms with E-state index in [0.29, 0.717) is 31.0 Å².